The number of rotatable bonds is 7. The number of nitrogens with one attached hydrogen (secondary N) is 2. The molecule has 36 heavy (non-hydrogen) atoms. The van der Waals surface area contributed by atoms with Crippen LogP contribution in [0.1, 0.15) is 52.7 Å². The summed E-state index contributed by atoms with van der Waals surface area (Å²) in [6, 6.07) is 7.78. The number of benzene rings is 2. The lowest BCUT2D eigenvalue weighted by Crippen LogP contribution is -2.47. The summed E-state index contributed by atoms with van der Waals surface area (Å²) < 4.78 is 39.3. The minimum absolute atomic E-state index is 0.0177. The molecule has 0 radical (unpaired) electrons. The first-order valence-electron chi connectivity index (χ1n) is 11.2. The molecule has 0 heterocycles. The third-order valence-corrected chi connectivity index (χ3v) is 6.73. The minimum Gasteiger partial charge on any atom is -0.458 e. The molecule has 0 saturated heterocycles. The average Bonchev–Trinajstić information content (AvgIpc) is 2.68. The molecule has 198 valence electrons. The molecule has 2 N–H and O–H groups in total. The minimum atomic E-state index is -3.99. The lowest BCUT2D eigenvalue weighted by atomic mass is 10.0. The average molecular weight is 560 g/mol. The highest BCUT2D eigenvalue weighted by atomic mass is 35.5. The van der Waals surface area contributed by atoms with Gasteiger partial charge in [0.05, 0.1) is 20.6 Å². The van der Waals surface area contributed by atoms with E-state index in [0.29, 0.717) is 10.6 Å². The number of hydrogen-bond donors (Lipinski definition) is 2. The zero-order valence-corrected chi connectivity index (χ0v) is 23.7. The third-order valence-electron chi connectivity index (χ3n) is 4.61. The van der Waals surface area contributed by atoms with Gasteiger partial charge < -0.3 is 14.8 Å². The monoisotopic (exact) mass is 558 g/mol. The summed E-state index contributed by atoms with van der Waals surface area (Å²) in [6.45, 7) is 12.0. The van der Waals surface area contributed by atoms with Crippen LogP contribution in [0.25, 0.3) is 0 Å². The molecule has 0 spiro atoms. The van der Waals surface area contributed by atoms with Crippen LogP contribution in [0.3, 0.4) is 0 Å². The third kappa shape index (κ3) is 9.19. The van der Waals surface area contributed by atoms with Gasteiger partial charge in [0.15, 0.2) is 0 Å². The fourth-order valence-electron chi connectivity index (χ4n) is 3.04. The molecule has 11 heteroatoms. The van der Waals surface area contributed by atoms with Gasteiger partial charge in [0, 0.05) is 6.42 Å². The van der Waals surface area contributed by atoms with E-state index in [-0.39, 0.29) is 22.0 Å². The zero-order chi connectivity index (χ0) is 27.5. The Balaban J connectivity index is 2.36. The van der Waals surface area contributed by atoms with Crippen LogP contribution in [0.15, 0.2) is 41.3 Å². The van der Waals surface area contributed by atoms with Crippen molar-refractivity contribution in [2.24, 2.45) is 0 Å². The lowest BCUT2D eigenvalue weighted by molar-refractivity contribution is -0.157. The maximum atomic E-state index is 13.0. The lowest BCUT2D eigenvalue weighted by Gasteiger charge is -2.26. The number of carbonyl (C=O) groups excluding carboxylic acids is 2. The van der Waals surface area contributed by atoms with Gasteiger partial charge in [0.1, 0.15) is 17.2 Å². The number of amides is 1. The normalized spacial score (nSPS) is 13.0. The van der Waals surface area contributed by atoms with E-state index in [4.69, 9.17) is 32.7 Å². The van der Waals surface area contributed by atoms with Gasteiger partial charge in [0.25, 0.3) is 10.0 Å². The topological polar surface area (TPSA) is 111 Å². The van der Waals surface area contributed by atoms with Gasteiger partial charge in [-0.25, -0.2) is 18.0 Å². The predicted octanol–water partition coefficient (Wildman–Crippen LogP) is 5.88. The van der Waals surface area contributed by atoms with E-state index in [2.05, 4.69) is 10.0 Å². The molecule has 1 amide bonds. The van der Waals surface area contributed by atoms with Crippen LogP contribution in [0.5, 0.6) is 0 Å². The summed E-state index contributed by atoms with van der Waals surface area (Å²) >= 11 is 11.9. The van der Waals surface area contributed by atoms with Gasteiger partial charge in [0.2, 0.25) is 0 Å². The maximum absolute atomic E-state index is 13.0. The Kier molecular flexibility index (Phi) is 9.31. The molecule has 0 saturated carbocycles. The van der Waals surface area contributed by atoms with Crippen molar-refractivity contribution in [1.82, 2.24) is 5.32 Å². The molecule has 0 bridgehead atoms. The molecule has 2 rings (SSSR count). The highest BCUT2D eigenvalue weighted by molar-refractivity contribution is 7.92. The Labute approximate surface area is 222 Å². The second kappa shape index (κ2) is 11.3. The number of sulfonamides is 1. The van der Waals surface area contributed by atoms with Crippen molar-refractivity contribution in [1.29, 1.82) is 0 Å². The Morgan fingerprint density at radius 1 is 0.917 bits per heavy atom. The van der Waals surface area contributed by atoms with E-state index in [1.165, 1.54) is 30.3 Å². The molecule has 0 aliphatic carbocycles. The first-order chi connectivity index (χ1) is 16.4. The molecule has 1 atom stereocenters. The molecule has 0 aliphatic heterocycles. The molecule has 2 aromatic rings. The number of halogens is 2. The Bertz CT molecular complexity index is 1230. The van der Waals surface area contributed by atoms with Gasteiger partial charge in [-0.1, -0.05) is 29.3 Å². The van der Waals surface area contributed by atoms with Gasteiger partial charge in [-0.2, -0.15) is 0 Å². The van der Waals surface area contributed by atoms with Crippen LogP contribution in [0, 0.1) is 6.92 Å². The second-order valence-electron chi connectivity index (χ2n) is 10.3. The fraction of sp³-hybridized carbons (Fsp3) is 0.440. The SMILES string of the molecule is Cc1ccc(S(=O)(=O)Nc2ccc(Cl)c(Cl)c2)cc1C[C@H](NC(=O)OC(C)(C)C)C(=O)OC(C)(C)C. The van der Waals surface area contributed by atoms with Crippen molar-refractivity contribution in [3.8, 4) is 0 Å². The van der Waals surface area contributed by atoms with Crippen LogP contribution in [-0.4, -0.2) is 37.7 Å². The van der Waals surface area contributed by atoms with Gasteiger partial charge in [-0.3, -0.25) is 4.72 Å². The number of esters is 1. The van der Waals surface area contributed by atoms with Crippen molar-refractivity contribution in [2.45, 2.75) is 77.0 Å². The zero-order valence-electron chi connectivity index (χ0n) is 21.4. The summed E-state index contributed by atoms with van der Waals surface area (Å²) in [5.74, 6) is -0.671. The van der Waals surface area contributed by atoms with E-state index < -0.39 is 39.3 Å². The van der Waals surface area contributed by atoms with Crippen molar-refractivity contribution < 1.29 is 27.5 Å². The van der Waals surface area contributed by atoms with Gasteiger partial charge in [-0.15, -0.1) is 0 Å². The first-order valence-corrected chi connectivity index (χ1v) is 13.4. The standard InChI is InChI=1S/C25H32Cl2N2O6S/c1-15-8-10-18(36(32,33)29-17-9-11-19(26)20(27)14-17)12-16(15)13-21(22(30)34-24(2,3)4)28-23(31)35-25(5,6)7/h8-12,14,21,29H,13H2,1-7H3,(H,28,31)/t21-/m0/s1. The highest BCUT2D eigenvalue weighted by Crippen LogP contribution is 2.27. The van der Waals surface area contributed by atoms with E-state index >= 15 is 0 Å². The Hall–Kier alpha value is -2.49. The van der Waals surface area contributed by atoms with Gasteiger partial charge >= 0.3 is 12.1 Å². The molecular weight excluding hydrogens is 527 g/mol. The van der Waals surface area contributed by atoms with E-state index in [1.807, 2.05) is 0 Å². The molecule has 0 unspecified atom stereocenters. The van der Waals surface area contributed by atoms with Crippen molar-refractivity contribution >= 4 is 51.0 Å². The number of aryl methyl sites for hydroxylation is 1. The number of hydrogen-bond acceptors (Lipinski definition) is 6. The van der Waals surface area contributed by atoms with Crippen LogP contribution < -0.4 is 10.0 Å². The summed E-state index contributed by atoms with van der Waals surface area (Å²) in [4.78, 5) is 25.3. The summed E-state index contributed by atoms with van der Waals surface area (Å²) in [6.07, 6.45) is -0.808. The molecule has 8 nitrogen and oxygen atoms in total. The number of carbonyl (C=O) groups is 2. The molecule has 0 fully saturated rings. The van der Waals surface area contributed by atoms with Crippen LogP contribution in [0.2, 0.25) is 10.0 Å². The van der Waals surface area contributed by atoms with Crippen LogP contribution in [-0.2, 0) is 30.7 Å². The van der Waals surface area contributed by atoms with Crippen molar-refractivity contribution in [2.75, 3.05) is 4.72 Å². The second-order valence-corrected chi connectivity index (χ2v) is 12.8. The van der Waals surface area contributed by atoms with Crippen molar-refractivity contribution in [3.05, 3.63) is 57.6 Å². The molecule has 2 aromatic carbocycles. The molecular formula is C25H32Cl2N2O6S. The van der Waals surface area contributed by atoms with Crippen LogP contribution >= 0.6 is 23.2 Å². The molecule has 0 aromatic heterocycles. The summed E-state index contributed by atoms with van der Waals surface area (Å²) in [5.41, 5.74) is -0.0794. The van der Waals surface area contributed by atoms with E-state index in [0.717, 1.165) is 5.56 Å². The first kappa shape index (κ1) is 29.7. The maximum Gasteiger partial charge on any atom is 0.408 e. The number of anilines is 1. The van der Waals surface area contributed by atoms with E-state index in [1.54, 1.807) is 54.5 Å². The summed E-state index contributed by atoms with van der Waals surface area (Å²) in [5, 5.41) is 3.05. The van der Waals surface area contributed by atoms with Gasteiger partial charge in [-0.05, 0) is 89.9 Å². The highest BCUT2D eigenvalue weighted by Gasteiger charge is 2.30. The molecule has 0 aliphatic rings. The number of ether oxygens (including phenoxy) is 2. The Morgan fingerprint density at radius 3 is 2.08 bits per heavy atom. The quantitative estimate of drug-likeness (QED) is 0.410. The number of alkyl carbamates (subject to hydrolysis) is 1. The summed E-state index contributed by atoms with van der Waals surface area (Å²) in [7, 11) is -3.99. The van der Waals surface area contributed by atoms with E-state index in [9.17, 15) is 18.0 Å². The fourth-order valence-corrected chi connectivity index (χ4v) is 4.44. The van der Waals surface area contributed by atoms with Crippen molar-refractivity contribution in [3.63, 3.8) is 0 Å². The predicted molar refractivity (Wildman–Crippen MR) is 141 cm³/mol. The smallest absolute Gasteiger partial charge is 0.408 e. The largest absolute Gasteiger partial charge is 0.458 e. The Morgan fingerprint density at radius 2 is 1.53 bits per heavy atom. The van der Waals surface area contributed by atoms with Crippen LogP contribution in [0.4, 0.5) is 10.5 Å².